The highest BCUT2D eigenvalue weighted by Crippen LogP contribution is 2.66. The third-order valence-electron chi connectivity index (χ3n) is 6.41. The second kappa shape index (κ2) is 4.15. The van der Waals surface area contributed by atoms with Crippen molar-refractivity contribution in [1.82, 2.24) is 9.78 Å². The molecule has 0 aromatic carbocycles. The molecule has 3 unspecified atom stereocenters. The van der Waals surface area contributed by atoms with Gasteiger partial charge < -0.3 is 10.5 Å². The lowest BCUT2D eigenvalue weighted by Gasteiger charge is -2.38. The normalized spacial score (nSPS) is 34.6. The molecule has 2 bridgehead atoms. The quantitative estimate of drug-likeness (QED) is 0.923. The molecule has 2 fully saturated rings. The molecule has 1 heterocycles. The second-order valence-electron chi connectivity index (χ2n) is 7.36. The van der Waals surface area contributed by atoms with Gasteiger partial charge in [0.25, 0.3) is 0 Å². The summed E-state index contributed by atoms with van der Waals surface area (Å²) in [6.07, 6.45) is 4.85. The fourth-order valence-electron chi connectivity index (χ4n) is 4.42. The molecule has 0 amide bonds. The smallest absolute Gasteiger partial charge is 0.236 e. The molecule has 4 heteroatoms. The molecule has 0 spiro atoms. The maximum atomic E-state index is 6.37. The number of hydrogen-bond donors (Lipinski definition) is 1. The highest BCUT2D eigenvalue weighted by Gasteiger charge is 2.62. The highest BCUT2D eigenvalue weighted by atomic mass is 16.5. The zero-order valence-corrected chi connectivity index (χ0v) is 13.4. The van der Waals surface area contributed by atoms with Gasteiger partial charge in [-0.15, -0.1) is 0 Å². The van der Waals surface area contributed by atoms with Crippen molar-refractivity contribution in [3.05, 3.63) is 5.69 Å². The standard InChI is InChI=1S/C16H27N3O/c1-6-11-13(17)14(19(5)18-11)20-12-9-10-7-8-16(12,4)15(10,2)3/h10,12H,6-9,17H2,1-5H3. The predicted octanol–water partition coefficient (Wildman–Crippen LogP) is 3.16. The SMILES string of the molecule is CCc1nn(C)c(OC2CC3CCC2(C)C3(C)C)c1N. The Morgan fingerprint density at radius 1 is 1.40 bits per heavy atom. The molecule has 2 aliphatic rings. The van der Waals surface area contributed by atoms with Crippen LogP contribution in [-0.2, 0) is 13.5 Å². The van der Waals surface area contributed by atoms with Crippen molar-refractivity contribution in [1.29, 1.82) is 0 Å². The van der Waals surface area contributed by atoms with Crippen LogP contribution >= 0.6 is 0 Å². The van der Waals surface area contributed by atoms with E-state index < -0.39 is 0 Å². The summed E-state index contributed by atoms with van der Waals surface area (Å²) in [5.41, 5.74) is 8.47. The van der Waals surface area contributed by atoms with Crippen molar-refractivity contribution in [2.24, 2.45) is 23.8 Å². The molecule has 112 valence electrons. The Labute approximate surface area is 121 Å². The van der Waals surface area contributed by atoms with Crippen molar-refractivity contribution >= 4 is 5.69 Å². The van der Waals surface area contributed by atoms with Crippen LogP contribution in [0.5, 0.6) is 5.88 Å². The fraction of sp³-hybridized carbons (Fsp3) is 0.812. The number of hydrogen-bond acceptors (Lipinski definition) is 3. The maximum Gasteiger partial charge on any atom is 0.236 e. The largest absolute Gasteiger partial charge is 0.472 e. The maximum absolute atomic E-state index is 6.37. The third-order valence-corrected chi connectivity index (χ3v) is 6.41. The number of fused-ring (bicyclic) bond motifs is 2. The van der Waals surface area contributed by atoms with Gasteiger partial charge in [0.2, 0.25) is 5.88 Å². The van der Waals surface area contributed by atoms with E-state index in [4.69, 9.17) is 10.5 Å². The van der Waals surface area contributed by atoms with Crippen molar-refractivity contribution in [2.45, 2.75) is 59.5 Å². The molecule has 0 saturated heterocycles. The minimum absolute atomic E-state index is 0.251. The summed E-state index contributed by atoms with van der Waals surface area (Å²) in [4.78, 5) is 0. The average Bonchev–Trinajstić information content (AvgIpc) is 2.86. The van der Waals surface area contributed by atoms with Gasteiger partial charge in [-0.05, 0) is 37.0 Å². The molecule has 3 rings (SSSR count). The van der Waals surface area contributed by atoms with E-state index in [-0.39, 0.29) is 11.5 Å². The Morgan fingerprint density at radius 3 is 2.55 bits per heavy atom. The molecule has 4 nitrogen and oxygen atoms in total. The van der Waals surface area contributed by atoms with Gasteiger partial charge in [0.05, 0.1) is 5.69 Å². The average molecular weight is 277 g/mol. The summed E-state index contributed by atoms with van der Waals surface area (Å²) in [5.74, 6) is 1.54. The number of nitrogens with zero attached hydrogens (tertiary/aromatic N) is 2. The highest BCUT2D eigenvalue weighted by molar-refractivity contribution is 5.53. The van der Waals surface area contributed by atoms with Gasteiger partial charge in [-0.3, -0.25) is 0 Å². The van der Waals surface area contributed by atoms with Crippen molar-refractivity contribution in [2.75, 3.05) is 5.73 Å². The van der Waals surface area contributed by atoms with Gasteiger partial charge in [-0.25, -0.2) is 4.68 Å². The zero-order valence-electron chi connectivity index (χ0n) is 13.4. The first kappa shape index (κ1) is 13.8. The van der Waals surface area contributed by atoms with E-state index in [1.807, 2.05) is 7.05 Å². The number of aromatic nitrogens is 2. The van der Waals surface area contributed by atoms with Gasteiger partial charge in [-0.1, -0.05) is 27.7 Å². The Hall–Kier alpha value is -1.19. The minimum Gasteiger partial charge on any atom is -0.472 e. The molecule has 3 atom stereocenters. The molecule has 20 heavy (non-hydrogen) atoms. The van der Waals surface area contributed by atoms with E-state index >= 15 is 0 Å². The predicted molar refractivity (Wildman–Crippen MR) is 80.6 cm³/mol. The van der Waals surface area contributed by atoms with Gasteiger partial charge in [0.1, 0.15) is 11.8 Å². The molecule has 1 aromatic heterocycles. The number of ether oxygens (including phenoxy) is 1. The Morgan fingerprint density at radius 2 is 2.10 bits per heavy atom. The van der Waals surface area contributed by atoms with Crippen LogP contribution in [0.1, 0.15) is 52.7 Å². The zero-order chi connectivity index (χ0) is 14.7. The molecule has 0 radical (unpaired) electrons. The summed E-state index contributed by atoms with van der Waals surface area (Å²) in [5, 5.41) is 4.46. The van der Waals surface area contributed by atoms with E-state index in [9.17, 15) is 0 Å². The number of nitrogens with two attached hydrogens (primary N) is 1. The summed E-state index contributed by atoms with van der Waals surface area (Å²) in [7, 11) is 1.92. The molecule has 1 aromatic rings. The number of anilines is 1. The summed E-state index contributed by atoms with van der Waals surface area (Å²) < 4.78 is 8.17. The third kappa shape index (κ3) is 1.57. The lowest BCUT2D eigenvalue weighted by Crippen LogP contribution is -2.39. The first-order valence-corrected chi connectivity index (χ1v) is 7.79. The first-order valence-electron chi connectivity index (χ1n) is 7.79. The minimum atomic E-state index is 0.251. The van der Waals surface area contributed by atoms with Gasteiger partial charge in [-0.2, -0.15) is 5.10 Å². The lowest BCUT2D eigenvalue weighted by atomic mass is 9.70. The Balaban J connectivity index is 1.89. The van der Waals surface area contributed by atoms with Crippen LogP contribution in [0.15, 0.2) is 0 Å². The van der Waals surface area contributed by atoms with Crippen LogP contribution in [0.2, 0.25) is 0 Å². The molecule has 2 N–H and O–H groups in total. The van der Waals surface area contributed by atoms with E-state index in [0.29, 0.717) is 5.41 Å². The van der Waals surface area contributed by atoms with Gasteiger partial charge in [0.15, 0.2) is 0 Å². The van der Waals surface area contributed by atoms with Crippen LogP contribution in [0, 0.1) is 16.7 Å². The molecular weight excluding hydrogens is 250 g/mol. The van der Waals surface area contributed by atoms with Crippen LogP contribution in [0.3, 0.4) is 0 Å². The van der Waals surface area contributed by atoms with Crippen LogP contribution in [0.4, 0.5) is 5.69 Å². The summed E-state index contributed by atoms with van der Waals surface area (Å²) in [6.45, 7) is 9.26. The van der Waals surface area contributed by atoms with Crippen LogP contribution in [-0.4, -0.2) is 15.9 Å². The first-order chi connectivity index (χ1) is 9.31. The summed E-state index contributed by atoms with van der Waals surface area (Å²) >= 11 is 0. The Kier molecular flexibility index (Phi) is 2.86. The second-order valence-corrected chi connectivity index (χ2v) is 7.36. The van der Waals surface area contributed by atoms with Gasteiger partial charge >= 0.3 is 0 Å². The van der Waals surface area contributed by atoms with Crippen molar-refractivity contribution in [3.8, 4) is 5.88 Å². The van der Waals surface area contributed by atoms with Crippen LogP contribution in [0.25, 0.3) is 0 Å². The Bertz CT molecular complexity index is 534. The van der Waals surface area contributed by atoms with Crippen molar-refractivity contribution in [3.63, 3.8) is 0 Å². The van der Waals surface area contributed by atoms with E-state index in [0.717, 1.165) is 36.0 Å². The van der Waals surface area contributed by atoms with Gasteiger partial charge in [0, 0.05) is 12.5 Å². The molecular formula is C16H27N3O. The van der Waals surface area contributed by atoms with E-state index in [1.165, 1.54) is 12.8 Å². The monoisotopic (exact) mass is 277 g/mol. The molecule has 2 aliphatic carbocycles. The summed E-state index contributed by atoms with van der Waals surface area (Å²) in [6, 6.07) is 0. The number of rotatable bonds is 3. The topological polar surface area (TPSA) is 53.1 Å². The fourth-order valence-corrected chi connectivity index (χ4v) is 4.42. The molecule has 0 aliphatic heterocycles. The lowest BCUT2D eigenvalue weighted by molar-refractivity contribution is 0.0252. The number of nitrogen functional groups attached to an aromatic ring is 1. The van der Waals surface area contributed by atoms with E-state index in [1.54, 1.807) is 4.68 Å². The van der Waals surface area contributed by atoms with Crippen LogP contribution < -0.4 is 10.5 Å². The molecule has 2 saturated carbocycles. The van der Waals surface area contributed by atoms with E-state index in [2.05, 4.69) is 32.8 Å². The number of aryl methyl sites for hydroxylation is 2. The van der Waals surface area contributed by atoms with Crippen molar-refractivity contribution < 1.29 is 4.74 Å².